The molecule has 0 unspecified atom stereocenters. The molecule has 0 spiro atoms. The Kier molecular flexibility index (Phi) is 6.80. The lowest BCUT2D eigenvalue weighted by Gasteiger charge is -2.64. The van der Waals surface area contributed by atoms with Gasteiger partial charge in [0.1, 0.15) is 0 Å². The van der Waals surface area contributed by atoms with E-state index in [-0.39, 0.29) is 35.5 Å². The second-order valence-electron chi connectivity index (χ2n) is 14.5. The Hall–Kier alpha value is -0.661. The van der Waals surface area contributed by atoms with Gasteiger partial charge in [0, 0.05) is 11.6 Å². The highest BCUT2D eigenvalue weighted by molar-refractivity contribution is 6.92. The first kappa shape index (κ1) is 27.4. The van der Waals surface area contributed by atoms with Gasteiger partial charge in [-0.15, -0.1) is 6.58 Å². The van der Waals surface area contributed by atoms with E-state index in [2.05, 4.69) is 105 Å². The van der Waals surface area contributed by atoms with Crippen LogP contribution in [0.2, 0.25) is 36.8 Å². The minimum absolute atomic E-state index is 0.0537. The number of rotatable bonds is 7. The van der Waals surface area contributed by atoms with Crippen LogP contribution in [0, 0.1) is 17.3 Å². The Labute approximate surface area is 217 Å². The van der Waals surface area contributed by atoms with E-state index in [1.54, 1.807) is 0 Å². The van der Waals surface area contributed by atoms with E-state index >= 15 is 0 Å². The van der Waals surface area contributed by atoms with Crippen LogP contribution in [-0.4, -0.2) is 41.3 Å². The Morgan fingerprint density at radius 2 is 1.69 bits per heavy atom. The first-order valence-corrected chi connectivity index (χ1v) is 19.7. The van der Waals surface area contributed by atoms with E-state index in [0.29, 0.717) is 11.3 Å². The van der Waals surface area contributed by atoms with Gasteiger partial charge in [0.2, 0.25) is 0 Å². The van der Waals surface area contributed by atoms with Gasteiger partial charge in [-0.2, -0.15) is 0 Å². The van der Waals surface area contributed by atoms with Crippen molar-refractivity contribution >= 4 is 28.7 Å². The van der Waals surface area contributed by atoms with Crippen molar-refractivity contribution in [3.63, 3.8) is 0 Å². The van der Waals surface area contributed by atoms with Crippen molar-refractivity contribution in [2.24, 2.45) is 17.3 Å². The van der Waals surface area contributed by atoms with E-state index in [1.807, 2.05) is 0 Å². The Morgan fingerprint density at radius 1 is 1.09 bits per heavy atom. The summed E-state index contributed by atoms with van der Waals surface area (Å²) in [7, 11) is -4.35. The molecule has 35 heavy (non-hydrogen) atoms. The largest absolute Gasteiger partial charge is 0.489 e. The van der Waals surface area contributed by atoms with Gasteiger partial charge in [-0.25, -0.2) is 0 Å². The predicted octanol–water partition coefficient (Wildman–Crippen LogP) is 7.21. The highest BCUT2D eigenvalue weighted by Crippen LogP contribution is 2.66. The lowest BCUT2D eigenvalue weighted by Crippen LogP contribution is -2.65. The van der Waals surface area contributed by atoms with Gasteiger partial charge in [0.05, 0.1) is 19.8 Å². The average molecular weight is 513 g/mol. The smallest absolute Gasteiger partial charge is 0.414 e. The SMILES string of the molecule is C=C(B1O[C@H]2C[C@H]3C[C@H](C3(C)C)[C@@]2(C)O1)[C@@H]([C@@H](C)O[Si](C)(C)C(C)(C)C)[Si](C)(C)c1ccccc1. The molecule has 4 aliphatic rings. The molecule has 1 aromatic rings. The normalized spacial score (nSPS) is 32.0. The van der Waals surface area contributed by atoms with Gasteiger partial charge in [-0.05, 0) is 67.5 Å². The molecule has 6 heteroatoms. The third-order valence-corrected chi connectivity index (χ3v) is 19.5. The number of hydrogen-bond acceptors (Lipinski definition) is 3. The Bertz CT molecular complexity index is 954. The molecule has 3 nitrogen and oxygen atoms in total. The molecule has 6 atom stereocenters. The molecule has 5 rings (SSSR count). The predicted molar refractivity (Wildman–Crippen MR) is 154 cm³/mol. The van der Waals surface area contributed by atoms with Gasteiger partial charge < -0.3 is 13.7 Å². The molecule has 194 valence electrons. The van der Waals surface area contributed by atoms with Gasteiger partial charge in [0.15, 0.2) is 8.32 Å². The zero-order valence-corrected chi connectivity index (χ0v) is 26.2. The maximum absolute atomic E-state index is 7.06. The highest BCUT2D eigenvalue weighted by atomic mass is 28.4. The fraction of sp³-hybridized carbons (Fsp3) is 0.724. The van der Waals surface area contributed by atoms with Crippen LogP contribution in [0.3, 0.4) is 0 Å². The van der Waals surface area contributed by atoms with Gasteiger partial charge in [-0.1, -0.05) is 83.2 Å². The summed E-state index contributed by atoms with van der Waals surface area (Å²) in [5, 5.41) is 1.59. The second-order valence-corrected chi connectivity index (χ2v) is 23.9. The Balaban J connectivity index is 1.66. The minimum atomic E-state index is -2.03. The average Bonchev–Trinajstić information content (AvgIpc) is 3.10. The lowest BCUT2D eigenvalue weighted by atomic mass is 9.43. The fourth-order valence-corrected chi connectivity index (χ4v) is 12.6. The third-order valence-electron chi connectivity index (χ3n) is 10.7. The van der Waals surface area contributed by atoms with Crippen LogP contribution >= 0.6 is 0 Å². The summed E-state index contributed by atoms with van der Waals surface area (Å²) < 4.78 is 20.7. The summed E-state index contributed by atoms with van der Waals surface area (Å²) in [6, 6.07) is 11.0. The highest BCUT2D eigenvalue weighted by Gasteiger charge is 2.68. The zero-order chi connectivity index (χ0) is 26.2. The number of benzene rings is 1. The van der Waals surface area contributed by atoms with Crippen LogP contribution < -0.4 is 5.19 Å². The maximum atomic E-state index is 7.06. The van der Waals surface area contributed by atoms with E-state index in [4.69, 9.17) is 20.3 Å². The number of hydrogen-bond donors (Lipinski definition) is 0. The molecule has 1 aliphatic heterocycles. The van der Waals surface area contributed by atoms with Crippen LogP contribution in [0.15, 0.2) is 42.4 Å². The van der Waals surface area contributed by atoms with Crippen molar-refractivity contribution in [2.75, 3.05) is 0 Å². The van der Waals surface area contributed by atoms with E-state index < -0.39 is 16.4 Å². The molecule has 3 aliphatic carbocycles. The molecule has 1 aromatic carbocycles. The summed E-state index contributed by atoms with van der Waals surface area (Å²) in [4.78, 5) is 0. The van der Waals surface area contributed by atoms with Crippen molar-refractivity contribution in [1.82, 2.24) is 0 Å². The maximum Gasteiger partial charge on any atom is 0.489 e. The van der Waals surface area contributed by atoms with Crippen molar-refractivity contribution in [2.45, 2.75) is 116 Å². The summed E-state index contributed by atoms with van der Waals surface area (Å²) >= 11 is 0. The molecule has 3 saturated carbocycles. The summed E-state index contributed by atoms with van der Waals surface area (Å²) in [6.07, 6.45) is 2.59. The van der Waals surface area contributed by atoms with Gasteiger partial charge in [0.25, 0.3) is 0 Å². The van der Waals surface area contributed by atoms with Crippen LogP contribution in [0.5, 0.6) is 0 Å². The van der Waals surface area contributed by atoms with E-state index in [9.17, 15) is 0 Å². The van der Waals surface area contributed by atoms with Gasteiger partial charge >= 0.3 is 7.12 Å². The summed E-state index contributed by atoms with van der Waals surface area (Å²) in [5.74, 6) is 1.29. The minimum Gasteiger partial charge on any atom is -0.414 e. The van der Waals surface area contributed by atoms with Crippen molar-refractivity contribution < 1.29 is 13.7 Å². The molecule has 0 amide bonds. The summed E-state index contributed by atoms with van der Waals surface area (Å²) in [5.41, 5.74) is 1.39. The van der Waals surface area contributed by atoms with E-state index in [0.717, 1.165) is 17.8 Å². The van der Waals surface area contributed by atoms with Gasteiger partial charge in [-0.3, -0.25) is 0 Å². The van der Waals surface area contributed by atoms with Crippen LogP contribution in [0.1, 0.15) is 61.3 Å². The fourth-order valence-electron chi connectivity index (χ4n) is 7.28. The molecule has 0 aromatic heterocycles. The van der Waals surface area contributed by atoms with Crippen molar-refractivity contribution in [3.8, 4) is 0 Å². The van der Waals surface area contributed by atoms with Crippen LogP contribution in [0.25, 0.3) is 0 Å². The standard InChI is InChI=1S/C29H49BO3Si2/c1-20(30-31-25-19-22-18-24(28(22,6)7)29(25,8)33-30)26(21(2)32-35(11,12)27(3,4)5)34(9,10)23-16-14-13-15-17-23/h13-17,21-22,24-26H,1,18-19H2,2-12H3/t21-,22-,24-,25+,26+,29-/m1/s1. The second kappa shape index (κ2) is 8.69. The summed E-state index contributed by atoms with van der Waals surface area (Å²) in [6.45, 7) is 30.7. The molecule has 4 fully saturated rings. The molecule has 1 heterocycles. The molecule has 2 bridgehead atoms. The monoisotopic (exact) mass is 512 g/mol. The first-order valence-electron chi connectivity index (χ1n) is 13.7. The lowest BCUT2D eigenvalue weighted by molar-refractivity contribution is -0.199. The first-order chi connectivity index (χ1) is 15.9. The van der Waals surface area contributed by atoms with E-state index in [1.165, 1.54) is 11.6 Å². The molecule has 0 radical (unpaired) electrons. The van der Waals surface area contributed by atoms with Crippen molar-refractivity contribution in [1.29, 1.82) is 0 Å². The van der Waals surface area contributed by atoms with Crippen LogP contribution in [0.4, 0.5) is 0 Å². The van der Waals surface area contributed by atoms with Crippen LogP contribution in [-0.2, 0) is 13.7 Å². The molecule has 1 saturated heterocycles. The molecular formula is C29H49BO3Si2. The quantitative estimate of drug-likeness (QED) is 0.362. The van der Waals surface area contributed by atoms with Crippen molar-refractivity contribution in [3.05, 3.63) is 42.4 Å². The molecule has 0 N–H and O–H groups in total. The zero-order valence-electron chi connectivity index (χ0n) is 24.2. The third kappa shape index (κ3) is 4.39. The topological polar surface area (TPSA) is 27.7 Å². The molecular weight excluding hydrogens is 463 g/mol. The Morgan fingerprint density at radius 3 is 2.23 bits per heavy atom.